The molecule has 4 rings (SSSR count). The highest BCUT2D eigenvalue weighted by Gasteiger charge is 2.40. The summed E-state index contributed by atoms with van der Waals surface area (Å²) in [4.78, 5) is 24.8. The minimum atomic E-state index is -3.93. The molecule has 2 aliphatic heterocycles. The molecule has 2 N–H and O–H groups in total. The zero-order valence-corrected chi connectivity index (χ0v) is 18.9. The normalized spacial score (nSPS) is 20.9. The van der Waals surface area contributed by atoms with Crippen LogP contribution in [0, 0.1) is 6.92 Å². The first-order valence-electron chi connectivity index (χ1n) is 10.7. The highest BCUT2D eigenvalue weighted by Crippen LogP contribution is 2.36. The molecule has 0 saturated carbocycles. The van der Waals surface area contributed by atoms with Crippen molar-refractivity contribution in [1.82, 2.24) is 9.62 Å². The van der Waals surface area contributed by atoms with E-state index in [1.54, 1.807) is 19.9 Å². The number of nitrogens with one attached hydrogen (secondary N) is 2. The molecular weight excluding hydrogens is 430 g/mol. The van der Waals surface area contributed by atoms with Gasteiger partial charge in [-0.25, -0.2) is 8.42 Å². The van der Waals surface area contributed by atoms with Crippen LogP contribution in [0.3, 0.4) is 0 Å². The first kappa shape index (κ1) is 22.3. The summed E-state index contributed by atoms with van der Waals surface area (Å²) >= 11 is 0. The average Bonchev–Trinajstić information content (AvgIpc) is 3.26. The van der Waals surface area contributed by atoms with E-state index >= 15 is 0 Å². The molecule has 0 spiro atoms. The molecular formula is C23H27N3O5S. The van der Waals surface area contributed by atoms with Crippen molar-refractivity contribution in [3.8, 4) is 5.75 Å². The number of benzene rings is 2. The van der Waals surface area contributed by atoms with Gasteiger partial charge in [-0.05, 0) is 50.3 Å². The number of carbonyl (C=O) groups excluding carboxylic acids is 2. The van der Waals surface area contributed by atoms with Crippen molar-refractivity contribution >= 4 is 27.5 Å². The van der Waals surface area contributed by atoms with Crippen molar-refractivity contribution in [2.45, 2.75) is 50.2 Å². The van der Waals surface area contributed by atoms with Crippen molar-refractivity contribution < 1.29 is 22.7 Å². The molecule has 8 nitrogen and oxygen atoms in total. The number of carbonyl (C=O) groups is 2. The van der Waals surface area contributed by atoms with E-state index in [2.05, 4.69) is 10.6 Å². The second-order valence-corrected chi connectivity index (χ2v) is 10.0. The van der Waals surface area contributed by atoms with Crippen LogP contribution >= 0.6 is 0 Å². The third kappa shape index (κ3) is 4.35. The zero-order chi connectivity index (χ0) is 22.9. The number of rotatable bonds is 6. The smallest absolute Gasteiger partial charge is 0.265 e. The van der Waals surface area contributed by atoms with Gasteiger partial charge in [0, 0.05) is 19.2 Å². The largest absolute Gasteiger partial charge is 0.479 e. The molecule has 2 aliphatic rings. The molecule has 0 aliphatic carbocycles. The first-order valence-corrected chi connectivity index (χ1v) is 12.2. The Morgan fingerprint density at radius 3 is 2.75 bits per heavy atom. The lowest BCUT2D eigenvalue weighted by molar-refractivity contribution is -0.124. The third-order valence-electron chi connectivity index (χ3n) is 5.86. The predicted molar refractivity (Wildman–Crippen MR) is 120 cm³/mol. The lowest BCUT2D eigenvalue weighted by atomic mass is 10.1. The Morgan fingerprint density at radius 2 is 2.00 bits per heavy atom. The van der Waals surface area contributed by atoms with E-state index in [-0.39, 0.29) is 23.3 Å². The second kappa shape index (κ2) is 8.91. The number of sulfonamides is 1. The third-order valence-corrected chi connectivity index (χ3v) is 7.91. The number of fused-ring (bicyclic) bond motifs is 1. The van der Waals surface area contributed by atoms with Crippen LogP contribution < -0.4 is 15.4 Å². The van der Waals surface area contributed by atoms with Gasteiger partial charge in [-0.2, -0.15) is 4.31 Å². The molecule has 2 aromatic carbocycles. The summed E-state index contributed by atoms with van der Waals surface area (Å²) in [6.45, 7) is 3.99. The summed E-state index contributed by atoms with van der Waals surface area (Å²) in [6.07, 6.45) is 1.06. The number of hydrogen-bond donors (Lipinski definition) is 2. The van der Waals surface area contributed by atoms with Crippen LogP contribution in [0.25, 0.3) is 0 Å². The quantitative estimate of drug-likeness (QED) is 0.692. The van der Waals surface area contributed by atoms with Gasteiger partial charge in [0.05, 0.1) is 10.6 Å². The average molecular weight is 458 g/mol. The first-order chi connectivity index (χ1) is 15.3. The van der Waals surface area contributed by atoms with Gasteiger partial charge in [0.1, 0.15) is 11.8 Å². The van der Waals surface area contributed by atoms with Crippen LogP contribution in [-0.4, -0.2) is 49.8 Å². The van der Waals surface area contributed by atoms with E-state index in [1.165, 1.54) is 10.4 Å². The summed E-state index contributed by atoms with van der Waals surface area (Å²) in [6, 6.07) is 12.1. The number of anilines is 1. The van der Waals surface area contributed by atoms with Crippen LogP contribution in [0.1, 0.15) is 30.9 Å². The van der Waals surface area contributed by atoms with Crippen molar-refractivity contribution in [1.29, 1.82) is 0 Å². The van der Waals surface area contributed by atoms with E-state index in [0.29, 0.717) is 42.8 Å². The highest BCUT2D eigenvalue weighted by atomic mass is 32.2. The number of ether oxygens (including phenoxy) is 1. The van der Waals surface area contributed by atoms with Crippen LogP contribution in [-0.2, 0) is 26.0 Å². The van der Waals surface area contributed by atoms with Crippen molar-refractivity contribution in [3.05, 3.63) is 53.6 Å². The Balaban J connectivity index is 1.51. The fourth-order valence-electron chi connectivity index (χ4n) is 4.13. The van der Waals surface area contributed by atoms with Gasteiger partial charge in [-0.15, -0.1) is 0 Å². The minimum Gasteiger partial charge on any atom is -0.479 e. The standard InChI is InChI=1S/C23H27N3O5S/c1-15-13-18-20(31-16(2)22(27)25-18)14-21(15)32(29,30)26-12-6-9-19(26)23(28)24-11-10-17-7-4-3-5-8-17/h3-5,7-8,13-14,16,19H,6,9-12H2,1-2H3,(H,24,28)(H,25,27)/t16-,19+/m1/s1. The Hall–Kier alpha value is -2.91. The molecule has 0 aromatic heterocycles. The molecule has 9 heteroatoms. The fraction of sp³-hybridized carbons (Fsp3) is 0.391. The summed E-state index contributed by atoms with van der Waals surface area (Å²) < 4.78 is 33.9. The Bertz CT molecular complexity index is 1130. The molecule has 32 heavy (non-hydrogen) atoms. The maximum absolute atomic E-state index is 13.5. The van der Waals surface area contributed by atoms with Crippen LogP contribution in [0.4, 0.5) is 5.69 Å². The lowest BCUT2D eigenvalue weighted by Crippen LogP contribution is -2.46. The number of hydrogen-bond acceptors (Lipinski definition) is 5. The van der Waals surface area contributed by atoms with E-state index < -0.39 is 22.2 Å². The van der Waals surface area contributed by atoms with E-state index in [4.69, 9.17) is 4.74 Å². The van der Waals surface area contributed by atoms with Gasteiger partial charge >= 0.3 is 0 Å². The Kier molecular flexibility index (Phi) is 6.21. The second-order valence-electron chi connectivity index (χ2n) is 8.16. The highest BCUT2D eigenvalue weighted by molar-refractivity contribution is 7.89. The SMILES string of the molecule is Cc1cc2c(cc1S(=O)(=O)N1CCC[C@H]1C(=O)NCCc1ccccc1)O[C@H](C)C(=O)N2. The van der Waals surface area contributed by atoms with E-state index in [0.717, 1.165) is 5.56 Å². The lowest BCUT2D eigenvalue weighted by Gasteiger charge is -2.27. The fourth-order valence-corrected chi connectivity index (χ4v) is 6.01. The van der Waals surface area contributed by atoms with Crippen molar-refractivity contribution in [2.24, 2.45) is 0 Å². The number of nitrogens with zero attached hydrogens (tertiary/aromatic N) is 1. The molecule has 2 atom stereocenters. The van der Waals surface area contributed by atoms with Crippen LogP contribution in [0.5, 0.6) is 5.75 Å². The number of aryl methyl sites for hydroxylation is 1. The Labute approximate surface area is 188 Å². The predicted octanol–water partition coefficient (Wildman–Crippen LogP) is 2.23. The maximum atomic E-state index is 13.5. The van der Waals surface area contributed by atoms with E-state index in [9.17, 15) is 18.0 Å². The minimum absolute atomic E-state index is 0.0867. The molecule has 0 bridgehead atoms. The topological polar surface area (TPSA) is 105 Å². The molecule has 2 heterocycles. The van der Waals surface area contributed by atoms with Gasteiger partial charge < -0.3 is 15.4 Å². The van der Waals surface area contributed by atoms with Gasteiger partial charge in [-0.3, -0.25) is 9.59 Å². The molecule has 1 fully saturated rings. The van der Waals surface area contributed by atoms with Crippen molar-refractivity contribution in [2.75, 3.05) is 18.4 Å². The van der Waals surface area contributed by atoms with Crippen LogP contribution in [0.2, 0.25) is 0 Å². The van der Waals surface area contributed by atoms with Gasteiger partial charge in [0.25, 0.3) is 5.91 Å². The zero-order valence-electron chi connectivity index (χ0n) is 18.1. The maximum Gasteiger partial charge on any atom is 0.265 e. The molecule has 1 saturated heterocycles. The molecule has 2 amide bonds. The van der Waals surface area contributed by atoms with Gasteiger partial charge in [-0.1, -0.05) is 30.3 Å². The van der Waals surface area contributed by atoms with Gasteiger partial charge in [0.15, 0.2) is 6.10 Å². The molecule has 2 aromatic rings. The summed E-state index contributed by atoms with van der Waals surface area (Å²) in [5.41, 5.74) is 2.04. The van der Waals surface area contributed by atoms with E-state index in [1.807, 2.05) is 30.3 Å². The van der Waals surface area contributed by atoms with Crippen molar-refractivity contribution in [3.63, 3.8) is 0 Å². The summed E-state index contributed by atoms with van der Waals surface area (Å²) in [5.74, 6) is -0.252. The molecule has 170 valence electrons. The molecule has 0 unspecified atom stereocenters. The van der Waals surface area contributed by atoms with Crippen LogP contribution in [0.15, 0.2) is 47.4 Å². The van der Waals surface area contributed by atoms with Gasteiger partial charge in [0.2, 0.25) is 15.9 Å². The summed E-state index contributed by atoms with van der Waals surface area (Å²) in [7, 11) is -3.93. The number of amides is 2. The monoisotopic (exact) mass is 457 g/mol. The summed E-state index contributed by atoms with van der Waals surface area (Å²) in [5, 5.41) is 5.61. The molecule has 0 radical (unpaired) electrons. The Morgan fingerprint density at radius 1 is 1.25 bits per heavy atom.